The van der Waals surface area contributed by atoms with Crippen LogP contribution in [0.4, 0.5) is 28.1 Å². The first kappa shape index (κ1) is 32.7. The molecule has 0 radical (unpaired) electrons. The lowest BCUT2D eigenvalue weighted by atomic mass is 9.83. The lowest BCUT2D eigenvalue weighted by Crippen LogP contribution is -2.55. The van der Waals surface area contributed by atoms with Crippen molar-refractivity contribution < 1.29 is 14.3 Å². The number of hydrogen-bond acceptors (Lipinski definition) is 11. The first-order valence-electron chi connectivity index (χ1n) is 15.3. The Morgan fingerprint density at radius 3 is 2.58 bits per heavy atom. The van der Waals surface area contributed by atoms with Gasteiger partial charge in [-0.05, 0) is 49.8 Å². The summed E-state index contributed by atoms with van der Waals surface area (Å²) in [6.07, 6.45) is 4.62. The fraction of sp³-hybridized carbons (Fsp3) is 0.294. The number of piperazine rings is 1. The van der Waals surface area contributed by atoms with Crippen LogP contribution in [0.1, 0.15) is 22.2 Å². The number of para-hydroxylation sites is 1. The van der Waals surface area contributed by atoms with Crippen molar-refractivity contribution >= 4 is 62.9 Å². The normalized spacial score (nSPS) is 15.3. The largest absolute Gasteiger partial charge is 0.493 e. The molecule has 246 valence electrons. The zero-order valence-electron chi connectivity index (χ0n) is 26.8. The predicted molar refractivity (Wildman–Crippen MR) is 188 cm³/mol. The van der Waals surface area contributed by atoms with Crippen LogP contribution in [0.5, 0.6) is 5.75 Å². The highest BCUT2D eigenvalue weighted by atomic mass is 35.5. The highest BCUT2D eigenvalue weighted by Gasteiger charge is 2.41. The van der Waals surface area contributed by atoms with E-state index in [1.54, 1.807) is 24.3 Å². The fourth-order valence-corrected chi connectivity index (χ4v) is 6.71. The van der Waals surface area contributed by atoms with Gasteiger partial charge in [0.15, 0.2) is 22.5 Å². The summed E-state index contributed by atoms with van der Waals surface area (Å²) in [5, 5.41) is 16.7. The highest BCUT2D eigenvalue weighted by Crippen LogP contribution is 2.41. The van der Waals surface area contributed by atoms with Gasteiger partial charge in [-0.15, -0.1) is 0 Å². The number of benzene rings is 1. The number of thiazole rings is 1. The molecule has 2 N–H and O–H groups in total. The van der Waals surface area contributed by atoms with Gasteiger partial charge in [0.05, 0.1) is 46.9 Å². The minimum atomic E-state index is -0.437. The van der Waals surface area contributed by atoms with Crippen LogP contribution in [0.3, 0.4) is 0 Å². The molecule has 0 atom stereocenters. The summed E-state index contributed by atoms with van der Waals surface area (Å²) in [7, 11) is 1.56. The van der Waals surface area contributed by atoms with E-state index in [9.17, 15) is 14.9 Å². The van der Waals surface area contributed by atoms with E-state index >= 15 is 0 Å². The topological polar surface area (TPSA) is 140 Å². The van der Waals surface area contributed by atoms with E-state index in [1.807, 2.05) is 44.2 Å². The van der Waals surface area contributed by atoms with Gasteiger partial charge in [-0.2, -0.15) is 5.26 Å². The number of rotatable bonds is 9. The third-order valence-electron chi connectivity index (χ3n) is 8.39. The minimum absolute atomic E-state index is 0.0786. The molecule has 0 aliphatic carbocycles. The van der Waals surface area contributed by atoms with E-state index < -0.39 is 5.41 Å². The molecule has 0 saturated carbocycles. The number of carbonyl (C=O) groups is 2. The van der Waals surface area contributed by atoms with Crippen molar-refractivity contribution in [1.82, 2.24) is 19.9 Å². The van der Waals surface area contributed by atoms with Gasteiger partial charge in [0.25, 0.3) is 5.91 Å². The summed E-state index contributed by atoms with van der Waals surface area (Å²) < 4.78 is 5.59. The summed E-state index contributed by atoms with van der Waals surface area (Å²) in [5.41, 5.74) is 3.30. The SMILES string of the molecule is C=CC(=O)N1CCN(c2ncc(-c3ccc(OC)c(Nc4ncc(C(=O)Nc5c(C)cccc5Cl)s4)n3)cc2N2CC(C)(C#N)C2)CC1. The summed E-state index contributed by atoms with van der Waals surface area (Å²) in [4.78, 5) is 45.8. The molecule has 0 spiro atoms. The second-order valence-corrected chi connectivity index (χ2v) is 13.3. The average Bonchev–Trinajstić information content (AvgIpc) is 3.56. The first-order valence-corrected chi connectivity index (χ1v) is 16.5. The molecule has 4 aromatic rings. The van der Waals surface area contributed by atoms with Crippen molar-refractivity contribution in [2.24, 2.45) is 5.41 Å². The standard InChI is InChI=1S/C34H34ClN9O3S/c1-5-28(45)42-11-13-43(14-12-42)31-25(44-19-34(3,18-36)20-44)15-22(16-37-31)24-9-10-26(47-4)30(39-24)41-33-38-17-27(48-33)32(46)40-29-21(2)7-6-8-23(29)35/h5-10,15-17H,1,11-14,19-20H2,2-4H3,(H,40,46)(H,38,39,41). The molecule has 0 unspecified atom stereocenters. The number of aromatic nitrogens is 3. The Labute approximate surface area is 287 Å². The van der Waals surface area contributed by atoms with E-state index in [0.29, 0.717) is 77.2 Å². The molecule has 12 nitrogen and oxygen atoms in total. The van der Waals surface area contributed by atoms with Crippen LogP contribution in [0, 0.1) is 23.7 Å². The Hall–Kier alpha value is -5.19. The number of hydrogen-bond donors (Lipinski definition) is 2. The van der Waals surface area contributed by atoms with Gasteiger partial charge in [0.1, 0.15) is 4.88 Å². The smallest absolute Gasteiger partial charge is 0.267 e. The number of amides is 2. The van der Waals surface area contributed by atoms with Crippen LogP contribution >= 0.6 is 22.9 Å². The molecule has 48 heavy (non-hydrogen) atoms. The second kappa shape index (κ2) is 13.5. The Bertz CT molecular complexity index is 1910. The third kappa shape index (κ3) is 6.62. The van der Waals surface area contributed by atoms with Gasteiger partial charge >= 0.3 is 0 Å². The van der Waals surface area contributed by atoms with Crippen LogP contribution in [0.2, 0.25) is 5.02 Å². The van der Waals surface area contributed by atoms with Gasteiger partial charge in [-0.3, -0.25) is 9.59 Å². The van der Waals surface area contributed by atoms with Gasteiger partial charge < -0.3 is 30.1 Å². The molecule has 6 rings (SSSR count). The van der Waals surface area contributed by atoms with E-state index in [1.165, 1.54) is 23.6 Å². The molecule has 0 bridgehead atoms. The molecule has 5 heterocycles. The number of nitrogens with one attached hydrogen (secondary N) is 2. The molecule has 2 aliphatic heterocycles. The Balaban J connectivity index is 1.25. The second-order valence-electron chi connectivity index (χ2n) is 11.9. The van der Waals surface area contributed by atoms with E-state index in [4.69, 9.17) is 26.3 Å². The summed E-state index contributed by atoms with van der Waals surface area (Å²) >= 11 is 7.47. The Kier molecular flexibility index (Phi) is 9.21. The Morgan fingerprint density at radius 2 is 1.90 bits per heavy atom. The first-order chi connectivity index (χ1) is 23.1. The maximum Gasteiger partial charge on any atom is 0.267 e. The third-order valence-corrected chi connectivity index (χ3v) is 9.62. The predicted octanol–water partition coefficient (Wildman–Crippen LogP) is 5.75. The van der Waals surface area contributed by atoms with E-state index in [2.05, 4.69) is 38.1 Å². The molecule has 3 aromatic heterocycles. The Morgan fingerprint density at radius 1 is 1.12 bits per heavy atom. The quantitative estimate of drug-likeness (QED) is 0.210. The number of nitriles is 1. The molecule has 14 heteroatoms. The maximum atomic E-state index is 13.0. The number of anilines is 5. The molecule has 2 fully saturated rings. The fourth-order valence-electron chi connectivity index (χ4n) is 5.73. The van der Waals surface area contributed by atoms with Gasteiger partial charge in [-0.25, -0.2) is 15.0 Å². The van der Waals surface area contributed by atoms with Gasteiger partial charge in [0, 0.05) is 51.0 Å². The molecule has 1 aromatic carbocycles. The average molecular weight is 684 g/mol. The molecular weight excluding hydrogens is 650 g/mol. The number of nitrogens with zero attached hydrogens (tertiary/aromatic N) is 7. The lowest BCUT2D eigenvalue weighted by Gasteiger charge is -2.46. The van der Waals surface area contributed by atoms with Crippen LogP contribution in [0.15, 0.2) is 61.4 Å². The highest BCUT2D eigenvalue weighted by molar-refractivity contribution is 7.17. The van der Waals surface area contributed by atoms with Crippen molar-refractivity contribution in [3.05, 3.63) is 76.9 Å². The van der Waals surface area contributed by atoms with Crippen LogP contribution < -0.4 is 25.2 Å². The monoisotopic (exact) mass is 683 g/mol. The summed E-state index contributed by atoms with van der Waals surface area (Å²) in [6.45, 7) is 11.0. The number of pyridine rings is 2. The van der Waals surface area contributed by atoms with Gasteiger partial charge in [0.2, 0.25) is 5.91 Å². The van der Waals surface area contributed by atoms with Crippen molar-refractivity contribution in [3.8, 4) is 23.1 Å². The molecule has 2 aliphatic rings. The summed E-state index contributed by atoms with van der Waals surface area (Å²) in [5.74, 6) is 1.32. The van der Waals surface area contributed by atoms with Crippen molar-refractivity contribution in [1.29, 1.82) is 5.26 Å². The molecular formula is C34H34ClN9O3S. The zero-order chi connectivity index (χ0) is 34.0. The molecule has 2 amide bonds. The van der Waals surface area contributed by atoms with Crippen molar-refractivity contribution in [2.45, 2.75) is 13.8 Å². The summed E-state index contributed by atoms with van der Waals surface area (Å²) in [6, 6.07) is 13.6. The van der Waals surface area contributed by atoms with E-state index in [-0.39, 0.29) is 11.8 Å². The number of halogens is 1. The van der Waals surface area contributed by atoms with Crippen LogP contribution in [0.25, 0.3) is 11.3 Å². The van der Waals surface area contributed by atoms with Crippen LogP contribution in [-0.2, 0) is 4.79 Å². The minimum Gasteiger partial charge on any atom is -0.493 e. The van der Waals surface area contributed by atoms with Crippen LogP contribution in [-0.4, -0.2) is 78.0 Å². The zero-order valence-corrected chi connectivity index (χ0v) is 28.4. The number of carbonyl (C=O) groups excluding carboxylic acids is 2. The molecule has 2 saturated heterocycles. The van der Waals surface area contributed by atoms with Crippen molar-refractivity contribution in [3.63, 3.8) is 0 Å². The number of aryl methyl sites for hydroxylation is 1. The van der Waals surface area contributed by atoms with E-state index in [0.717, 1.165) is 22.6 Å². The maximum absolute atomic E-state index is 13.0. The lowest BCUT2D eigenvalue weighted by molar-refractivity contribution is -0.126. The number of methoxy groups -OCH3 is 1. The van der Waals surface area contributed by atoms with Crippen molar-refractivity contribution in [2.75, 3.05) is 66.8 Å². The van der Waals surface area contributed by atoms with Gasteiger partial charge in [-0.1, -0.05) is 41.6 Å². The number of ether oxygens (including phenoxy) is 1.